The molecule has 1 heterocycles. The number of hydrogen-bond donors (Lipinski definition) is 1. The van der Waals surface area contributed by atoms with Gasteiger partial charge in [0.15, 0.2) is 5.82 Å². The smallest absolute Gasteiger partial charge is 0.166 e. The molecule has 0 radical (unpaired) electrons. The van der Waals surface area contributed by atoms with Crippen molar-refractivity contribution in [1.29, 1.82) is 5.26 Å². The molecule has 1 aromatic carbocycles. The van der Waals surface area contributed by atoms with Crippen molar-refractivity contribution >= 4 is 5.82 Å². The molecule has 0 aliphatic carbocycles. The van der Waals surface area contributed by atoms with E-state index in [0.717, 1.165) is 12.0 Å². The Bertz CT molecular complexity index is 560. The molecule has 90 valence electrons. The summed E-state index contributed by atoms with van der Waals surface area (Å²) in [7, 11) is 0. The van der Waals surface area contributed by atoms with Crippen molar-refractivity contribution in [2.24, 2.45) is 0 Å². The van der Waals surface area contributed by atoms with Gasteiger partial charge in [-0.15, -0.1) is 5.10 Å². The van der Waals surface area contributed by atoms with E-state index in [0.29, 0.717) is 17.9 Å². The molecule has 0 saturated carbocycles. The van der Waals surface area contributed by atoms with E-state index >= 15 is 0 Å². The number of rotatable bonds is 4. The number of hydrogen-bond acceptors (Lipinski definition) is 4. The largest absolute Gasteiger partial charge is 0.367 e. The van der Waals surface area contributed by atoms with Crippen LogP contribution in [0.1, 0.15) is 11.1 Å². The lowest BCUT2D eigenvalue weighted by molar-refractivity contribution is 0.627. The van der Waals surface area contributed by atoms with Crippen LogP contribution in [0.4, 0.5) is 10.2 Å². The average Bonchev–Trinajstić information content (AvgIpc) is 2.41. The summed E-state index contributed by atoms with van der Waals surface area (Å²) >= 11 is 0. The molecule has 0 aliphatic rings. The van der Waals surface area contributed by atoms with Gasteiger partial charge in [-0.1, -0.05) is 12.1 Å². The number of anilines is 1. The number of nitrogens with zero attached hydrogens (tertiary/aromatic N) is 3. The summed E-state index contributed by atoms with van der Waals surface area (Å²) in [4.78, 5) is 0. The standard InChI is InChI=1S/C13H11FN4/c14-12-3-1-10(2-4-12)5-7-16-13-11(9-15)6-8-17-18-13/h1-4,6,8H,5,7H2,(H,16,18). The second-order valence-electron chi connectivity index (χ2n) is 3.71. The number of nitrogens with one attached hydrogen (secondary N) is 1. The summed E-state index contributed by atoms with van der Waals surface area (Å²) < 4.78 is 12.7. The lowest BCUT2D eigenvalue weighted by atomic mass is 10.1. The molecule has 0 atom stereocenters. The average molecular weight is 242 g/mol. The second kappa shape index (κ2) is 5.73. The Morgan fingerprint density at radius 1 is 1.22 bits per heavy atom. The maximum atomic E-state index is 12.7. The highest BCUT2D eigenvalue weighted by Crippen LogP contribution is 2.09. The first-order valence-electron chi connectivity index (χ1n) is 5.49. The molecule has 0 bridgehead atoms. The highest BCUT2D eigenvalue weighted by Gasteiger charge is 2.02. The normalized spacial score (nSPS) is 9.78. The van der Waals surface area contributed by atoms with Crippen LogP contribution >= 0.6 is 0 Å². The molecule has 0 unspecified atom stereocenters. The Morgan fingerprint density at radius 2 is 2.00 bits per heavy atom. The zero-order valence-corrected chi connectivity index (χ0v) is 9.60. The van der Waals surface area contributed by atoms with E-state index in [1.165, 1.54) is 18.3 Å². The molecule has 0 spiro atoms. The Labute approximate surface area is 104 Å². The minimum Gasteiger partial charge on any atom is -0.367 e. The Balaban J connectivity index is 1.93. The Morgan fingerprint density at radius 3 is 2.72 bits per heavy atom. The summed E-state index contributed by atoms with van der Waals surface area (Å²) in [6.07, 6.45) is 2.20. The quantitative estimate of drug-likeness (QED) is 0.892. The topological polar surface area (TPSA) is 61.6 Å². The summed E-state index contributed by atoms with van der Waals surface area (Å²) in [6, 6.07) is 9.97. The van der Waals surface area contributed by atoms with Crippen molar-refractivity contribution in [3.8, 4) is 6.07 Å². The summed E-state index contributed by atoms with van der Waals surface area (Å²) in [5.74, 6) is 0.231. The molecule has 1 N–H and O–H groups in total. The minimum atomic E-state index is -0.243. The SMILES string of the molecule is N#Cc1ccnnc1NCCc1ccc(F)cc1. The van der Waals surface area contributed by atoms with Crippen LogP contribution < -0.4 is 5.32 Å². The van der Waals surface area contributed by atoms with Gasteiger partial charge in [-0.25, -0.2) is 4.39 Å². The van der Waals surface area contributed by atoms with E-state index < -0.39 is 0 Å². The van der Waals surface area contributed by atoms with Crippen LogP contribution in [-0.4, -0.2) is 16.7 Å². The van der Waals surface area contributed by atoms with Crippen LogP contribution in [0, 0.1) is 17.1 Å². The highest BCUT2D eigenvalue weighted by molar-refractivity contribution is 5.50. The van der Waals surface area contributed by atoms with Crippen molar-refractivity contribution in [1.82, 2.24) is 10.2 Å². The Kier molecular flexibility index (Phi) is 3.82. The van der Waals surface area contributed by atoms with E-state index in [1.54, 1.807) is 18.2 Å². The van der Waals surface area contributed by atoms with Crippen LogP contribution in [0.25, 0.3) is 0 Å². The van der Waals surface area contributed by atoms with Gasteiger partial charge in [-0.05, 0) is 30.2 Å². The number of nitriles is 1. The van der Waals surface area contributed by atoms with E-state index in [9.17, 15) is 4.39 Å². The van der Waals surface area contributed by atoms with Crippen LogP contribution in [0.3, 0.4) is 0 Å². The minimum absolute atomic E-state index is 0.243. The van der Waals surface area contributed by atoms with Crippen LogP contribution in [0.5, 0.6) is 0 Å². The van der Waals surface area contributed by atoms with E-state index in [-0.39, 0.29) is 5.82 Å². The first-order valence-corrected chi connectivity index (χ1v) is 5.49. The van der Waals surface area contributed by atoms with Gasteiger partial charge in [0.25, 0.3) is 0 Å². The maximum Gasteiger partial charge on any atom is 0.166 e. The molecule has 4 nitrogen and oxygen atoms in total. The van der Waals surface area contributed by atoms with E-state index in [1.807, 2.05) is 6.07 Å². The van der Waals surface area contributed by atoms with Crippen LogP contribution in [0.15, 0.2) is 36.5 Å². The van der Waals surface area contributed by atoms with E-state index in [4.69, 9.17) is 5.26 Å². The summed E-state index contributed by atoms with van der Waals surface area (Å²) in [5.41, 5.74) is 1.48. The Hall–Kier alpha value is -2.48. The highest BCUT2D eigenvalue weighted by atomic mass is 19.1. The maximum absolute atomic E-state index is 12.7. The zero-order valence-electron chi connectivity index (χ0n) is 9.60. The van der Waals surface area contributed by atoms with Gasteiger partial charge in [0, 0.05) is 6.54 Å². The fourth-order valence-corrected chi connectivity index (χ4v) is 1.53. The van der Waals surface area contributed by atoms with Gasteiger partial charge in [0.05, 0.1) is 11.8 Å². The fourth-order valence-electron chi connectivity index (χ4n) is 1.53. The van der Waals surface area contributed by atoms with Crippen molar-refractivity contribution in [2.45, 2.75) is 6.42 Å². The second-order valence-corrected chi connectivity index (χ2v) is 3.71. The van der Waals surface area contributed by atoms with Crippen LogP contribution in [-0.2, 0) is 6.42 Å². The number of aromatic nitrogens is 2. The van der Waals surface area contributed by atoms with Gasteiger partial charge in [-0.3, -0.25) is 0 Å². The number of benzene rings is 1. The van der Waals surface area contributed by atoms with Crippen molar-refractivity contribution in [3.05, 3.63) is 53.5 Å². The molecule has 2 aromatic rings. The van der Waals surface area contributed by atoms with Crippen molar-refractivity contribution in [2.75, 3.05) is 11.9 Å². The molecule has 0 fully saturated rings. The van der Waals surface area contributed by atoms with Gasteiger partial charge in [-0.2, -0.15) is 10.4 Å². The molecule has 2 rings (SSSR count). The van der Waals surface area contributed by atoms with Gasteiger partial charge >= 0.3 is 0 Å². The predicted molar refractivity (Wildman–Crippen MR) is 65.3 cm³/mol. The molecule has 0 aliphatic heterocycles. The van der Waals surface area contributed by atoms with Gasteiger partial charge in [0.2, 0.25) is 0 Å². The van der Waals surface area contributed by atoms with Gasteiger partial charge < -0.3 is 5.32 Å². The monoisotopic (exact) mass is 242 g/mol. The number of halogens is 1. The molecule has 0 saturated heterocycles. The first-order chi connectivity index (χ1) is 8.79. The summed E-state index contributed by atoms with van der Waals surface area (Å²) in [5, 5.41) is 19.5. The lowest BCUT2D eigenvalue weighted by Crippen LogP contribution is -2.08. The van der Waals surface area contributed by atoms with Crippen molar-refractivity contribution < 1.29 is 4.39 Å². The fraction of sp³-hybridized carbons (Fsp3) is 0.154. The molecule has 1 aromatic heterocycles. The first kappa shape index (κ1) is 12.0. The van der Waals surface area contributed by atoms with Gasteiger partial charge in [0.1, 0.15) is 11.9 Å². The van der Waals surface area contributed by atoms with Crippen molar-refractivity contribution in [3.63, 3.8) is 0 Å². The molecule has 5 heteroatoms. The third-order valence-electron chi connectivity index (χ3n) is 2.46. The van der Waals surface area contributed by atoms with Crippen LogP contribution in [0.2, 0.25) is 0 Å². The predicted octanol–water partition coefficient (Wildman–Crippen LogP) is 2.14. The third-order valence-corrected chi connectivity index (χ3v) is 2.46. The lowest BCUT2D eigenvalue weighted by Gasteiger charge is -2.05. The zero-order chi connectivity index (χ0) is 12.8. The molecular weight excluding hydrogens is 231 g/mol. The molecule has 0 amide bonds. The summed E-state index contributed by atoms with van der Waals surface area (Å²) in [6.45, 7) is 0.610. The third kappa shape index (κ3) is 3.01. The van der Waals surface area contributed by atoms with E-state index in [2.05, 4.69) is 15.5 Å². The molecule has 18 heavy (non-hydrogen) atoms. The molecular formula is C13H11FN4.